The van der Waals surface area contributed by atoms with Gasteiger partial charge in [0.15, 0.2) is 5.16 Å². The zero-order valence-electron chi connectivity index (χ0n) is 19.1. The van der Waals surface area contributed by atoms with E-state index in [1.54, 1.807) is 11.6 Å². The second-order valence-electron chi connectivity index (χ2n) is 8.13. The Morgan fingerprint density at radius 1 is 1.19 bits per heavy atom. The molecule has 0 saturated carbocycles. The molecule has 0 fully saturated rings. The molecule has 188 valence electrons. The standard InChI is InChI=1S/C23H21F3N6O2S2/c1-32-18(10-19(33)28-14-6-4-5-13(9-14)23(24,25)26)30-31-22(32)35-12-20(34)29-21-16(11-27)15-7-2-3-8-17(15)36-21/h4-6,9H,2-3,7-8,10,12H2,1H3,(H,28,33)(H,29,34). The lowest BCUT2D eigenvalue weighted by Gasteiger charge is -2.10. The molecular formula is C23H21F3N6O2S2. The number of nitrogens with one attached hydrogen (secondary N) is 2. The zero-order valence-corrected chi connectivity index (χ0v) is 20.7. The maximum atomic E-state index is 12.9. The van der Waals surface area contributed by atoms with Gasteiger partial charge in [-0.15, -0.1) is 21.5 Å². The van der Waals surface area contributed by atoms with Gasteiger partial charge in [-0.2, -0.15) is 18.4 Å². The summed E-state index contributed by atoms with van der Waals surface area (Å²) in [6.45, 7) is 0. The van der Waals surface area contributed by atoms with Crippen LogP contribution in [0.25, 0.3) is 0 Å². The molecule has 1 aliphatic rings. The summed E-state index contributed by atoms with van der Waals surface area (Å²) < 4.78 is 40.2. The smallest absolute Gasteiger partial charge is 0.326 e. The highest BCUT2D eigenvalue weighted by molar-refractivity contribution is 7.99. The van der Waals surface area contributed by atoms with Crippen molar-refractivity contribution in [3.05, 3.63) is 51.7 Å². The van der Waals surface area contributed by atoms with Crippen molar-refractivity contribution in [3.8, 4) is 6.07 Å². The summed E-state index contributed by atoms with van der Waals surface area (Å²) in [5, 5.41) is 23.7. The number of aromatic nitrogens is 3. The molecule has 8 nitrogen and oxygen atoms in total. The molecule has 0 atom stereocenters. The number of thioether (sulfide) groups is 1. The van der Waals surface area contributed by atoms with Crippen LogP contribution in [0.2, 0.25) is 0 Å². The van der Waals surface area contributed by atoms with E-state index in [1.165, 1.54) is 23.5 Å². The molecule has 0 unspecified atom stereocenters. The van der Waals surface area contributed by atoms with Crippen molar-refractivity contribution >= 4 is 45.6 Å². The molecule has 3 aromatic rings. The van der Waals surface area contributed by atoms with Gasteiger partial charge >= 0.3 is 6.18 Å². The predicted octanol–water partition coefficient (Wildman–Crippen LogP) is 4.56. The maximum absolute atomic E-state index is 12.9. The topological polar surface area (TPSA) is 113 Å². The van der Waals surface area contributed by atoms with E-state index in [0.29, 0.717) is 21.5 Å². The second-order valence-corrected chi connectivity index (χ2v) is 10.2. The highest BCUT2D eigenvalue weighted by Gasteiger charge is 2.30. The first kappa shape index (κ1) is 25.7. The number of rotatable bonds is 7. The van der Waals surface area contributed by atoms with Crippen LogP contribution in [0.5, 0.6) is 0 Å². The van der Waals surface area contributed by atoms with Crippen molar-refractivity contribution in [2.24, 2.45) is 7.05 Å². The van der Waals surface area contributed by atoms with Gasteiger partial charge in [-0.1, -0.05) is 17.8 Å². The molecule has 0 spiro atoms. The summed E-state index contributed by atoms with van der Waals surface area (Å²) in [7, 11) is 1.63. The van der Waals surface area contributed by atoms with Crippen LogP contribution in [0.15, 0.2) is 29.4 Å². The summed E-state index contributed by atoms with van der Waals surface area (Å²) in [4.78, 5) is 26.0. The Bertz CT molecular complexity index is 1340. The summed E-state index contributed by atoms with van der Waals surface area (Å²) in [6, 6.07) is 6.57. The third kappa shape index (κ3) is 5.88. The van der Waals surface area contributed by atoms with E-state index in [1.807, 2.05) is 0 Å². The van der Waals surface area contributed by atoms with Crippen molar-refractivity contribution in [1.29, 1.82) is 5.26 Å². The minimum absolute atomic E-state index is 0.0234. The van der Waals surface area contributed by atoms with E-state index in [2.05, 4.69) is 26.9 Å². The van der Waals surface area contributed by atoms with Gasteiger partial charge in [0, 0.05) is 17.6 Å². The molecule has 0 aliphatic heterocycles. The molecule has 1 aliphatic carbocycles. The van der Waals surface area contributed by atoms with E-state index >= 15 is 0 Å². The molecule has 36 heavy (non-hydrogen) atoms. The van der Waals surface area contributed by atoms with Crippen molar-refractivity contribution in [3.63, 3.8) is 0 Å². The Balaban J connectivity index is 1.33. The molecular weight excluding hydrogens is 513 g/mol. The van der Waals surface area contributed by atoms with E-state index < -0.39 is 17.6 Å². The van der Waals surface area contributed by atoms with E-state index in [4.69, 9.17) is 0 Å². The Morgan fingerprint density at radius 2 is 1.97 bits per heavy atom. The van der Waals surface area contributed by atoms with Crippen LogP contribution in [0.1, 0.15) is 40.2 Å². The quantitative estimate of drug-likeness (QED) is 0.430. The van der Waals surface area contributed by atoms with Crippen LogP contribution in [0.4, 0.5) is 23.9 Å². The number of nitrogens with zero attached hydrogens (tertiary/aromatic N) is 4. The van der Waals surface area contributed by atoms with Gasteiger partial charge in [-0.25, -0.2) is 0 Å². The fourth-order valence-corrected chi connectivity index (χ4v) is 5.80. The number of hydrogen-bond acceptors (Lipinski definition) is 7. The number of carbonyl (C=O) groups is 2. The number of benzene rings is 1. The number of hydrogen-bond donors (Lipinski definition) is 2. The van der Waals surface area contributed by atoms with Crippen LogP contribution < -0.4 is 10.6 Å². The highest BCUT2D eigenvalue weighted by atomic mass is 32.2. The summed E-state index contributed by atoms with van der Waals surface area (Å²) in [6.07, 6.45) is -0.840. The van der Waals surface area contributed by atoms with Crippen molar-refractivity contribution in [1.82, 2.24) is 14.8 Å². The van der Waals surface area contributed by atoms with Crippen LogP contribution in [0.3, 0.4) is 0 Å². The van der Waals surface area contributed by atoms with Crippen LogP contribution in [-0.2, 0) is 42.1 Å². The zero-order chi connectivity index (χ0) is 25.9. The van der Waals surface area contributed by atoms with Crippen molar-refractivity contribution in [2.45, 2.75) is 43.4 Å². The number of carbonyl (C=O) groups excluding carboxylic acids is 2. The maximum Gasteiger partial charge on any atom is 0.416 e. The Morgan fingerprint density at radius 3 is 2.72 bits per heavy atom. The largest absolute Gasteiger partial charge is 0.416 e. The first-order chi connectivity index (χ1) is 17.2. The number of aryl methyl sites for hydroxylation is 1. The first-order valence-corrected chi connectivity index (χ1v) is 12.8. The summed E-state index contributed by atoms with van der Waals surface area (Å²) in [5.74, 6) is -0.526. The Labute approximate surface area is 212 Å². The number of amides is 2. The minimum Gasteiger partial charge on any atom is -0.326 e. The molecule has 2 N–H and O–H groups in total. The summed E-state index contributed by atoms with van der Waals surface area (Å²) >= 11 is 2.57. The molecule has 2 aromatic heterocycles. The number of fused-ring (bicyclic) bond motifs is 1. The van der Waals surface area contributed by atoms with E-state index in [-0.39, 0.29) is 23.8 Å². The fraction of sp³-hybridized carbons (Fsp3) is 0.348. The number of nitriles is 1. The second kappa shape index (κ2) is 10.7. The normalized spacial score (nSPS) is 13.1. The molecule has 2 amide bonds. The number of thiophene rings is 1. The fourth-order valence-electron chi connectivity index (χ4n) is 3.81. The monoisotopic (exact) mass is 534 g/mol. The van der Waals surface area contributed by atoms with Gasteiger partial charge in [-0.3, -0.25) is 9.59 Å². The lowest BCUT2D eigenvalue weighted by atomic mass is 9.96. The first-order valence-electron chi connectivity index (χ1n) is 11.0. The van der Waals surface area contributed by atoms with Crippen LogP contribution >= 0.6 is 23.1 Å². The number of alkyl halides is 3. The molecule has 4 rings (SSSR count). The summed E-state index contributed by atoms with van der Waals surface area (Å²) in [5.41, 5.74) is 0.745. The Kier molecular flexibility index (Phi) is 7.65. The molecule has 1 aromatic carbocycles. The minimum atomic E-state index is -4.51. The third-order valence-corrected chi connectivity index (χ3v) is 7.81. The lowest BCUT2D eigenvalue weighted by molar-refractivity contribution is -0.137. The van der Waals surface area contributed by atoms with Crippen LogP contribution in [0, 0.1) is 11.3 Å². The average molecular weight is 535 g/mol. The predicted molar refractivity (Wildman–Crippen MR) is 130 cm³/mol. The lowest BCUT2D eigenvalue weighted by Crippen LogP contribution is -2.18. The van der Waals surface area contributed by atoms with Gasteiger partial charge in [0.2, 0.25) is 11.8 Å². The van der Waals surface area contributed by atoms with Crippen molar-refractivity contribution < 1.29 is 22.8 Å². The number of anilines is 2. The van der Waals surface area contributed by atoms with E-state index in [9.17, 15) is 28.0 Å². The van der Waals surface area contributed by atoms with Gasteiger partial charge in [0.25, 0.3) is 0 Å². The highest BCUT2D eigenvalue weighted by Crippen LogP contribution is 2.37. The van der Waals surface area contributed by atoms with Crippen molar-refractivity contribution in [2.75, 3.05) is 16.4 Å². The molecule has 2 heterocycles. The molecule has 0 radical (unpaired) electrons. The van der Waals surface area contributed by atoms with Gasteiger partial charge in [-0.05, 0) is 49.4 Å². The van der Waals surface area contributed by atoms with Gasteiger partial charge in [0.1, 0.15) is 16.9 Å². The van der Waals surface area contributed by atoms with Gasteiger partial charge in [0.05, 0.1) is 23.3 Å². The van der Waals surface area contributed by atoms with Gasteiger partial charge < -0.3 is 15.2 Å². The average Bonchev–Trinajstić information content (AvgIpc) is 3.36. The van der Waals surface area contributed by atoms with E-state index in [0.717, 1.165) is 60.0 Å². The molecule has 0 bridgehead atoms. The SMILES string of the molecule is Cn1c(CC(=O)Nc2cccc(C(F)(F)F)c2)nnc1SCC(=O)Nc1sc2c(c1C#N)CCCC2. The third-order valence-electron chi connectivity index (χ3n) is 5.59. The molecule has 13 heteroatoms. The molecule has 0 saturated heterocycles. The Hall–Kier alpha value is -3.37. The van der Waals surface area contributed by atoms with Crippen LogP contribution in [-0.4, -0.2) is 32.3 Å². The number of halogens is 3.